The SMILES string of the molecule is COc1ccccc1C(=O)NC(C1(c2ccccc2)CCNCC1)S(=O)(=O)N(C)C(C)C. The van der Waals surface area contributed by atoms with E-state index in [0.29, 0.717) is 37.2 Å². The molecule has 0 aromatic heterocycles. The molecule has 1 aliphatic heterocycles. The third-order valence-corrected chi connectivity index (χ3v) is 8.78. The quantitative estimate of drug-likeness (QED) is 0.634. The molecule has 2 N–H and O–H groups in total. The Kier molecular flexibility index (Phi) is 7.59. The number of rotatable bonds is 8. The van der Waals surface area contributed by atoms with Crippen molar-refractivity contribution in [1.29, 1.82) is 0 Å². The van der Waals surface area contributed by atoms with Gasteiger partial charge in [-0.2, -0.15) is 0 Å². The number of nitrogens with one attached hydrogen (secondary N) is 2. The van der Waals surface area contributed by atoms with Gasteiger partial charge < -0.3 is 15.4 Å². The third kappa shape index (κ3) is 4.67. The monoisotopic (exact) mass is 459 g/mol. The molecule has 1 fully saturated rings. The van der Waals surface area contributed by atoms with E-state index in [4.69, 9.17) is 4.74 Å². The van der Waals surface area contributed by atoms with Gasteiger partial charge >= 0.3 is 0 Å². The first-order valence-electron chi connectivity index (χ1n) is 10.9. The minimum Gasteiger partial charge on any atom is -0.496 e. The Morgan fingerprint density at radius 3 is 2.25 bits per heavy atom. The molecule has 8 heteroatoms. The highest BCUT2D eigenvalue weighted by atomic mass is 32.2. The molecule has 0 bridgehead atoms. The van der Waals surface area contributed by atoms with Crippen LogP contribution in [0.5, 0.6) is 5.75 Å². The summed E-state index contributed by atoms with van der Waals surface area (Å²) in [5.74, 6) is -0.0700. The minimum atomic E-state index is -3.90. The van der Waals surface area contributed by atoms with E-state index in [1.165, 1.54) is 11.4 Å². The molecule has 1 unspecified atom stereocenters. The zero-order valence-corrected chi connectivity index (χ0v) is 20.0. The standard InChI is InChI=1S/C24H33N3O4S/c1-18(2)27(3)32(29,30)23(26-22(28)20-12-8-9-13-21(20)31-4)24(14-16-25-17-15-24)19-10-6-5-7-11-19/h5-13,18,23,25H,14-17H2,1-4H3,(H,26,28). The van der Waals surface area contributed by atoms with Crippen LogP contribution in [0.25, 0.3) is 0 Å². The van der Waals surface area contributed by atoms with Crippen LogP contribution in [0.1, 0.15) is 42.6 Å². The second-order valence-corrected chi connectivity index (χ2v) is 10.6. The smallest absolute Gasteiger partial charge is 0.256 e. The molecule has 32 heavy (non-hydrogen) atoms. The van der Waals surface area contributed by atoms with Crippen molar-refractivity contribution in [3.8, 4) is 5.75 Å². The van der Waals surface area contributed by atoms with Gasteiger partial charge in [0, 0.05) is 18.5 Å². The first-order valence-corrected chi connectivity index (χ1v) is 12.4. The summed E-state index contributed by atoms with van der Waals surface area (Å²) < 4.78 is 34.6. The highest BCUT2D eigenvalue weighted by Gasteiger charge is 2.50. The Bertz CT molecular complexity index is 1020. The van der Waals surface area contributed by atoms with E-state index in [0.717, 1.165) is 5.56 Å². The molecule has 1 atom stereocenters. The second-order valence-electron chi connectivity index (χ2n) is 8.48. The maximum Gasteiger partial charge on any atom is 0.256 e. The van der Waals surface area contributed by atoms with Crippen molar-refractivity contribution < 1.29 is 17.9 Å². The molecular weight excluding hydrogens is 426 g/mol. The molecule has 174 valence electrons. The van der Waals surface area contributed by atoms with E-state index in [9.17, 15) is 13.2 Å². The van der Waals surface area contributed by atoms with Crippen LogP contribution in [-0.2, 0) is 15.4 Å². The molecule has 1 saturated heterocycles. The summed E-state index contributed by atoms with van der Waals surface area (Å²) in [6, 6.07) is 16.2. The Hall–Kier alpha value is -2.42. The number of amides is 1. The summed E-state index contributed by atoms with van der Waals surface area (Å²) in [5, 5.41) is 5.11. The molecule has 7 nitrogen and oxygen atoms in total. The Labute approximate surface area is 191 Å². The van der Waals surface area contributed by atoms with Crippen molar-refractivity contribution in [3.63, 3.8) is 0 Å². The van der Waals surface area contributed by atoms with Crippen LogP contribution in [0, 0.1) is 0 Å². The van der Waals surface area contributed by atoms with Gasteiger partial charge in [-0.1, -0.05) is 42.5 Å². The Morgan fingerprint density at radius 1 is 1.06 bits per heavy atom. The van der Waals surface area contributed by atoms with E-state index < -0.39 is 26.7 Å². The van der Waals surface area contributed by atoms with Crippen LogP contribution < -0.4 is 15.4 Å². The molecule has 1 heterocycles. The van der Waals surface area contributed by atoms with E-state index in [2.05, 4.69) is 10.6 Å². The molecule has 2 aromatic carbocycles. The van der Waals surface area contributed by atoms with Gasteiger partial charge in [0.15, 0.2) is 5.37 Å². The van der Waals surface area contributed by atoms with Crippen LogP contribution >= 0.6 is 0 Å². The molecule has 1 amide bonds. The summed E-state index contributed by atoms with van der Waals surface area (Å²) >= 11 is 0. The van der Waals surface area contributed by atoms with Crippen LogP contribution in [0.3, 0.4) is 0 Å². The second kappa shape index (κ2) is 10.0. The van der Waals surface area contributed by atoms with E-state index in [1.54, 1.807) is 31.3 Å². The molecular formula is C24H33N3O4S. The minimum absolute atomic E-state index is 0.250. The van der Waals surface area contributed by atoms with Gasteiger partial charge in [-0.05, 0) is 57.5 Å². The fourth-order valence-corrected chi connectivity index (χ4v) is 6.45. The summed E-state index contributed by atoms with van der Waals surface area (Å²) in [4.78, 5) is 13.4. The third-order valence-electron chi connectivity index (χ3n) is 6.39. The Morgan fingerprint density at radius 2 is 1.66 bits per heavy atom. The fourth-order valence-electron chi connectivity index (χ4n) is 4.33. The van der Waals surface area contributed by atoms with Gasteiger partial charge in [0.2, 0.25) is 10.0 Å². The van der Waals surface area contributed by atoms with Gasteiger partial charge in [-0.3, -0.25) is 4.79 Å². The lowest BCUT2D eigenvalue weighted by Crippen LogP contribution is -2.61. The highest BCUT2D eigenvalue weighted by molar-refractivity contribution is 7.89. The van der Waals surface area contributed by atoms with Crippen LogP contribution in [0.2, 0.25) is 0 Å². The average molecular weight is 460 g/mol. The average Bonchev–Trinajstić information content (AvgIpc) is 2.82. The van der Waals surface area contributed by atoms with Gasteiger partial charge in [0.05, 0.1) is 12.7 Å². The molecule has 1 aliphatic rings. The van der Waals surface area contributed by atoms with Crippen molar-refractivity contribution in [2.75, 3.05) is 27.2 Å². The highest BCUT2D eigenvalue weighted by Crippen LogP contribution is 2.40. The number of sulfonamides is 1. The number of ether oxygens (including phenoxy) is 1. The molecule has 0 saturated carbocycles. The number of carbonyl (C=O) groups excluding carboxylic acids is 1. The van der Waals surface area contributed by atoms with Gasteiger partial charge in [0.1, 0.15) is 5.75 Å². The zero-order chi connectivity index (χ0) is 23.4. The number of carbonyl (C=O) groups is 1. The van der Waals surface area contributed by atoms with E-state index >= 15 is 0 Å². The van der Waals surface area contributed by atoms with Crippen LogP contribution in [0.15, 0.2) is 54.6 Å². The number of hydrogen-bond donors (Lipinski definition) is 2. The maximum atomic E-state index is 13.9. The summed E-state index contributed by atoms with van der Waals surface area (Å²) in [7, 11) is -0.834. The predicted molar refractivity (Wildman–Crippen MR) is 126 cm³/mol. The van der Waals surface area contributed by atoms with E-state index in [-0.39, 0.29) is 6.04 Å². The topological polar surface area (TPSA) is 87.7 Å². The number of piperidine rings is 1. The molecule has 2 aromatic rings. The molecule has 0 radical (unpaired) electrons. The Balaban J connectivity index is 2.14. The van der Waals surface area contributed by atoms with E-state index in [1.807, 2.05) is 44.2 Å². The first-order chi connectivity index (χ1) is 15.2. The van der Waals surface area contributed by atoms with Crippen LogP contribution in [0.4, 0.5) is 0 Å². The lowest BCUT2D eigenvalue weighted by Gasteiger charge is -2.45. The van der Waals surface area contributed by atoms with Gasteiger partial charge in [0.25, 0.3) is 5.91 Å². The lowest BCUT2D eigenvalue weighted by atomic mass is 9.72. The fraction of sp³-hybridized carbons (Fsp3) is 0.458. The first kappa shape index (κ1) is 24.2. The van der Waals surface area contributed by atoms with Crippen molar-refractivity contribution in [2.24, 2.45) is 0 Å². The predicted octanol–water partition coefficient (Wildman–Crippen LogP) is 2.74. The summed E-state index contributed by atoms with van der Waals surface area (Å²) in [6.07, 6.45) is 1.16. The normalized spacial score (nSPS) is 17.2. The molecule has 3 rings (SSSR count). The molecule has 0 spiro atoms. The number of nitrogens with zero attached hydrogens (tertiary/aromatic N) is 1. The largest absolute Gasteiger partial charge is 0.496 e. The lowest BCUT2D eigenvalue weighted by molar-refractivity contribution is 0.0920. The zero-order valence-electron chi connectivity index (χ0n) is 19.2. The molecule has 0 aliphatic carbocycles. The van der Waals surface area contributed by atoms with Gasteiger partial charge in [-0.25, -0.2) is 12.7 Å². The number of methoxy groups -OCH3 is 1. The number of para-hydroxylation sites is 1. The summed E-state index contributed by atoms with van der Waals surface area (Å²) in [5.41, 5.74) is 0.443. The summed E-state index contributed by atoms with van der Waals surface area (Å²) in [6.45, 7) is 4.98. The maximum absolute atomic E-state index is 13.9. The van der Waals surface area contributed by atoms with Crippen LogP contribution in [-0.4, -0.2) is 57.3 Å². The van der Waals surface area contributed by atoms with Crippen molar-refractivity contribution in [2.45, 2.75) is 43.5 Å². The van der Waals surface area contributed by atoms with Crippen molar-refractivity contribution in [1.82, 2.24) is 14.9 Å². The number of benzene rings is 2. The van der Waals surface area contributed by atoms with Gasteiger partial charge in [-0.15, -0.1) is 0 Å². The van der Waals surface area contributed by atoms with Crippen molar-refractivity contribution in [3.05, 3.63) is 65.7 Å². The number of hydrogen-bond acceptors (Lipinski definition) is 5. The van der Waals surface area contributed by atoms with Crippen molar-refractivity contribution >= 4 is 15.9 Å².